The molecule has 0 spiro atoms. The molecule has 0 saturated carbocycles. The fraction of sp³-hybridized carbons (Fsp3) is 0.750. The number of nitrogens with zero attached hydrogens (tertiary/aromatic N) is 4. The van der Waals surface area contributed by atoms with Crippen LogP contribution in [0.4, 0.5) is 0 Å². The number of unbranched alkanes of at least 4 members (excludes halogenated alkanes) is 7. The maximum absolute atomic E-state index is 4.30. The predicted octanol–water partition coefficient (Wildman–Crippen LogP) is 4.54. The molecule has 0 fully saturated rings. The summed E-state index contributed by atoms with van der Waals surface area (Å²) >= 11 is 3.50. The van der Waals surface area contributed by atoms with Crippen molar-refractivity contribution in [2.24, 2.45) is 0 Å². The molecule has 0 bridgehead atoms. The van der Waals surface area contributed by atoms with E-state index in [1.54, 1.807) is 23.5 Å². The normalized spacial score (nSPS) is 11.2. The Balaban J connectivity index is 1.32. The van der Waals surface area contributed by atoms with Crippen LogP contribution in [0, 0.1) is 13.8 Å². The van der Waals surface area contributed by atoms with E-state index in [0.717, 1.165) is 33.5 Å². The molecule has 2 aromatic heterocycles. The summed E-state index contributed by atoms with van der Waals surface area (Å²) in [6.07, 6.45) is 10.6. The Hall–Kier alpha value is -1.02. The SMILES string of the molecule is Cc1nc(SCCCCCCCCCCSc2n[nH]c(C)n2)n[nH]1. The molecule has 0 saturated heterocycles. The van der Waals surface area contributed by atoms with E-state index in [0.29, 0.717) is 0 Å². The Morgan fingerprint density at radius 1 is 0.625 bits per heavy atom. The van der Waals surface area contributed by atoms with Crippen molar-refractivity contribution >= 4 is 23.5 Å². The molecule has 0 aliphatic heterocycles. The summed E-state index contributed by atoms with van der Waals surface area (Å²) in [6.45, 7) is 3.87. The minimum absolute atomic E-state index is 0.880. The molecule has 2 heterocycles. The third-order valence-corrected chi connectivity index (χ3v) is 5.52. The van der Waals surface area contributed by atoms with Crippen molar-refractivity contribution in [1.82, 2.24) is 30.4 Å². The van der Waals surface area contributed by atoms with Gasteiger partial charge in [0.05, 0.1) is 0 Å². The lowest BCUT2D eigenvalue weighted by atomic mass is 10.1. The van der Waals surface area contributed by atoms with Gasteiger partial charge in [-0.25, -0.2) is 9.97 Å². The number of aromatic amines is 2. The van der Waals surface area contributed by atoms with Gasteiger partial charge in [-0.15, -0.1) is 10.2 Å². The first-order valence-corrected chi connectivity index (χ1v) is 10.7. The van der Waals surface area contributed by atoms with Gasteiger partial charge in [0.25, 0.3) is 0 Å². The third kappa shape index (κ3) is 8.19. The molecule has 0 amide bonds. The number of hydrogen-bond donors (Lipinski definition) is 2. The van der Waals surface area contributed by atoms with Gasteiger partial charge < -0.3 is 0 Å². The second-order valence-electron chi connectivity index (χ2n) is 5.93. The van der Waals surface area contributed by atoms with Crippen molar-refractivity contribution in [2.45, 2.75) is 75.5 Å². The molecule has 2 rings (SSSR count). The van der Waals surface area contributed by atoms with Gasteiger partial charge in [0, 0.05) is 11.5 Å². The summed E-state index contributed by atoms with van der Waals surface area (Å²) in [6, 6.07) is 0. The van der Waals surface area contributed by atoms with E-state index in [9.17, 15) is 0 Å². The summed E-state index contributed by atoms with van der Waals surface area (Å²) in [4.78, 5) is 8.60. The standard InChI is InChI=1S/C16H28N6S2/c1-13-17-15(21-19-13)23-11-9-7-5-3-4-6-8-10-12-24-16-18-14(2)20-22-16/h3-12H2,1-2H3,(H,17,19,21)(H,18,20,22). The highest BCUT2D eigenvalue weighted by molar-refractivity contribution is 7.99. The van der Waals surface area contributed by atoms with E-state index >= 15 is 0 Å². The van der Waals surface area contributed by atoms with E-state index in [2.05, 4.69) is 30.4 Å². The average molecular weight is 369 g/mol. The molecule has 24 heavy (non-hydrogen) atoms. The van der Waals surface area contributed by atoms with E-state index in [4.69, 9.17) is 0 Å². The van der Waals surface area contributed by atoms with Crippen LogP contribution in [0.3, 0.4) is 0 Å². The Bertz CT molecular complexity index is 518. The Labute approximate surface area is 152 Å². The lowest BCUT2D eigenvalue weighted by Gasteiger charge is -2.02. The molecule has 0 radical (unpaired) electrons. The largest absolute Gasteiger partial charge is 0.262 e. The van der Waals surface area contributed by atoms with E-state index in [-0.39, 0.29) is 0 Å². The van der Waals surface area contributed by atoms with Crippen LogP contribution in [0.1, 0.15) is 63.0 Å². The van der Waals surface area contributed by atoms with Crippen molar-refractivity contribution in [2.75, 3.05) is 11.5 Å². The minimum atomic E-state index is 0.880. The summed E-state index contributed by atoms with van der Waals surface area (Å²) in [5.41, 5.74) is 0. The highest BCUT2D eigenvalue weighted by atomic mass is 32.2. The third-order valence-electron chi connectivity index (χ3n) is 3.65. The van der Waals surface area contributed by atoms with Gasteiger partial charge in [-0.05, 0) is 26.7 Å². The molecule has 134 valence electrons. The first kappa shape index (κ1) is 19.3. The first-order valence-electron chi connectivity index (χ1n) is 8.77. The molecular weight excluding hydrogens is 340 g/mol. The molecule has 0 aliphatic rings. The smallest absolute Gasteiger partial charge is 0.208 e. The number of hydrogen-bond acceptors (Lipinski definition) is 6. The van der Waals surface area contributed by atoms with Crippen LogP contribution in [-0.2, 0) is 0 Å². The zero-order chi connectivity index (χ0) is 17.0. The van der Waals surface area contributed by atoms with Gasteiger partial charge in [0.15, 0.2) is 0 Å². The quantitative estimate of drug-likeness (QED) is 0.399. The molecule has 0 atom stereocenters. The summed E-state index contributed by atoms with van der Waals surface area (Å²) in [5, 5.41) is 15.8. The lowest BCUT2D eigenvalue weighted by molar-refractivity contribution is 0.587. The van der Waals surface area contributed by atoms with Crippen LogP contribution >= 0.6 is 23.5 Å². The zero-order valence-corrected chi connectivity index (χ0v) is 16.3. The van der Waals surface area contributed by atoms with Crippen LogP contribution in [0.5, 0.6) is 0 Å². The van der Waals surface area contributed by atoms with Gasteiger partial charge in [-0.3, -0.25) is 10.2 Å². The van der Waals surface area contributed by atoms with E-state index in [1.807, 2.05) is 13.8 Å². The zero-order valence-electron chi connectivity index (χ0n) is 14.7. The molecule has 2 aromatic rings. The fourth-order valence-corrected chi connectivity index (χ4v) is 4.05. The molecular formula is C16H28N6S2. The van der Waals surface area contributed by atoms with Crippen molar-refractivity contribution in [3.8, 4) is 0 Å². The number of H-pyrrole nitrogens is 2. The van der Waals surface area contributed by atoms with Crippen molar-refractivity contribution < 1.29 is 0 Å². The molecule has 0 aliphatic carbocycles. The van der Waals surface area contributed by atoms with Crippen molar-refractivity contribution in [3.05, 3.63) is 11.6 Å². The van der Waals surface area contributed by atoms with Gasteiger partial charge in [-0.1, -0.05) is 62.0 Å². The summed E-state index contributed by atoms with van der Waals surface area (Å²) in [5.74, 6) is 4.03. The van der Waals surface area contributed by atoms with Crippen LogP contribution in [0.15, 0.2) is 10.3 Å². The minimum Gasteiger partial charge on any atom is -0.262 e. The van der Waals surface area contributed by atoms with E-state index in [1.165, 1.54) is 51.4 Å². The van der Waals surface area contributed by atoms with Crippen LogP contribution < -0.4 is 0 Å². The maximum atomic E-state index is 4.30. The van der Waals surface area contributed by atoms with Crippen LogP contribution in [0.2, 0.25) is 0 Å². The highest BCUT2D eigenvalue weighted by Gasteiger charge is 2.01. The topological polar surface area (TPSA) is 83.1 Å². The van der Waals surface area contributed by atoms with Gasteiger partial charge in [-0.2, -0.15) is 0 Å². The number of rotatable bonds is 13. The van der Waals surface area contributed by atoms with Gasteiger partial charge in [0.1, 0.15) is 11.6 Å². The second kappa shape index (κ2) is 11.5. The predicted molar refractivity (Wildman–Crippen MR) is 101 cm³/mol. The Morgan fingerprint density at radius 3 is 1.33 bits per heavy atom. The van der Waals surface area contributed by atoms with Crippen molar-refractivity contribution in [1.29, 1.82) is 0 Å². The monoisotopic (exact) mass is 368 g/mol. The van der Waals surface area contributed by atoms with Gasteiger partial charge in [0.2, 0.25) is 10.3 Å². The molecule has 2 N–H and O–H groups in total. The Kier molecular flexibility index (Phi) is 9.27. The van der Waals surface area contributed by atoms with Gasteiger partial charge >= 0.3 is 0 Å². The number of aryl methyl sites for hydroxylation is 2. The fourth-order valence-electron chi connectivity index (χ4n) is 2.37. The van der Waals surface area contributed by atoms with E-state index < -0.39 is 0 Å². The summed E-state index contributed by atoms with van der Waals surface area (Å²) in [7, 11) is 0. The Morgan fingerprint density at radius 2 is 1.00 bits per heavy atom. The molecule has 0 unspecified atom stereocenters. The molecule has 0 aromatic carbocycles. The summed E-state index contributed by atoms with van der Waals surface area (Å²) < 4.78 is 0. The van der Waals surface area contributed by atoms with Crippen LogP contribution in [0.25, 0.3) is 0 Å². The second-order valence-corrected chi connectivity index (χ2v) is 8.06. The maximum Gasteiger partial charge on any atom is 0.208 e. The highest BCUT2D eigenvalue weighted by Crippen LogP contribution is 2.17. The molecule has 6 nitrogen and oxygen atoms in total. The first-order chi connectivity index (χ1) is 11.7. The van der Waals surface area contributed by atoms with Crippen molar-refractivity contribution in [3.63, 3.8) is 0 Å². The average Bonchev–Trinajstić information content (AvgIpc) is 3.17. The number of thioether (sulfide) groups is 2. The number of aromatic nitrogens is 6. The lowest BCUT2D eigenvalue weighted by Crippen LogP contribution is -1.86. The van der Waals surface area contributed by atoms with Crippen LogP contribution in [-0.4, -0.2) is 41.9 Å². The number of nitrogens with one attached hydrogen (secondary N) is 2. The molecule has 8 heteroatoms.